The average Bonchev–Trinajstić information content (AvgIpc) is 3.31. The normalized spacial score (nSPS) is 15.9. The molecule has 0 spiro atoms. The molecule has 1 aliphatic heterocycles. The van der Waals surface area contributed by atoms with Crippen molar-refractivity contribution in [2.45, 2.75) is 39.7 Å². The number of carbonyl (C=O) groups is 2. The van der Waals surface area contributed by atoms with Crippen LogP contribution in [0.5, 0.6) is 0 Å². The van der Waals surface area contributed by atoms with Crippen LogP contribution in [0.15, 0.2) is 36.4 Å². The Bertz CT molecular complexity index is 1130. The highest BCUT2D eigenvalue weighted by molar-refractivity contribution is 7.16. The lowest BCUT2D eigenvalue weighted by atomic mass is 9.92. The van der Waals surface area contributed by atoms with Crippen molar-refractivity contribution in [3.05, 3.63) is 73.3 Å². The minimum atomic E-state index is -0.435. The highest BCUT2D eigenvalue weighted by Crippen LogP contribution is 2.42. The predicted octanol–water partition coefficient (Wildman–Crippen LogP) is 5.36. The van der Waals surface area contributed by atoms with Crippen LogP contribution in [0.4, 0.5) is 5.00 Å². The molecule has 1 atom stereocenters. The fourth-order valence-electron chi connectivity index (χ4n) is 4.54. The summed E-state index contributed by atoms with van der Waals surface area (Å²) >= 11 is 3.25. The van der Waals surface area contributed by atoms with Crippen molar-refractivity contribution in [1.82, 2.24) is 4.90 Å². The minimum Gasteiger partial charge on any atom is -0.465 e. The highest BCUT2D eigenvalue weighted by Gasteiger charge is 2.33. The number of aryl methyl sites for hydroxylation is 2. The van der Waals surface area contributed by atoms with Gasteiger partial charge in [-0.1, -0.05) is 37.3 Å². The van der Waals surface area contributed by atoms with Crippen molar-refractivity contribution in [1.29, 1.82) is 0 Å². The van der Waals surface area contributed by atoms with Gasteiger partial charge in [0.15, 0.2) is 0 Å². The monoisotopic (exact) mass is 468 g/mol. The standard InChI is InChI=1S/C25H28N2O3S2/c1-5-18-16(3)32-23-19(18)11-12-27(22(23)17-9-7-6-8-10-17)14-21(28)26-24-20(25(29)30-4)13-15(2)31-24/h6-10,13,22H,5,11-12,14H2,1-4H3,(H,26,28). The molecular formula is C25H28N2O3S2. The number of fused-ring (bicyclic) bond motifs is 1. The van der Waals surface area contributed by atoms with Crippen molar-refractivity contribution >= 4 is 39.6 Å². The van der Waals surface area contributed by atoms with E-state index in [1.807, 2.05) is 24.3 Å². The zero-order valence-electron chi connectivity index (χ0n) is 18.9. The van der Waals surface area contributed by atoms with Crippen LogP contribution >= 0.6 is 22.7 Å². The number of amides is 1. The van der Waals surface area contributed by atoms with E-state index < -0.39 is 5.97 Å². The summed E-state index contributed by atoms with van der Waals surface area (Å²) in [7, 11) is 1.35. The van der Waals surface area contributed by atoms with E-state index in [-0.39, 0.29) is 18.5 Å². The number of benzene rings is 1. The molecule has 5 nitrogen and oxygen atoms in total. The Kier molecular flexibility index (Phi) is 6.79. The molecule has 7 heteroatoms. The Morgan fingerprint density at radius 1 is 1.19 bits per heavy atom. The van der Waals surface area contributed by atoms with Gasteiger partial charge in [-0.05, 0) is 49.4 Å². The first-order valence-electron chi connectivity index (χ1n) is 10.8. The van der Waals surface area contributed by atoms with E-state index in [1.165, 1.54) is 44.9 Å². The van der Waals surface area contributed by atoms with E-state index in [2.05, 4.69) is 48.3 Å². The van der Waals surface area contributed by atoms with Crippen molar-refractivity contribution < 1.29 is 14.3 Å². The summed E-state index contributed by atoms with van der Waals surface area (Å²) in [4.78, 5) is 31.1. The second-order valence-electron chi connectivity index (χ2n) is 8.01. The number of rotatable bonds is 6. The first kappa shape index (κ1) is 22.7. The molecule has 32 heavy (non-hydrogen) atoms. The van der Waals surface area contributed by atoms with Crippen LogP contribution in [0.1, 0.15) is 54.6 Å². The smallest absolute Gasteiger partial charge is 0.340 e. The molecule has 0 fully saturated rings. The van der Waals surface area contributed by atoms with E-state index in [0.29, 0.717) is 10.6 Å². The molecule has 0 aliphatic carbocycles. The lowest BCUT2D eigenvalue weighted by Crippen LogP contribution is -2.40. The number of ether oxygens (including phenoxy) is 1. The molecule has 0 radical (unpaired) electrons. The van der Waals surface area contributed by atoms with Gasteiger partial charge < -0.3 is 10.1 Å². The van der Waals surface area contributed by atoms with E-state index in [9.17, 15) is 9.59 Å². The fourth-order valence-corrected chi connectivity index (χ4v) is 6.93. The number of thiophene rings is 2. The molecule has 1 aliphatic rings. The Hall–Kier alpha value is -2.48. The molecular weight excluding hydrogens is 440 g/mol. The molecule has 3 aromatic rings. The zero-order valence-corrected chi connectivity index (χ0v) is 20.5. The van der Waals surface area contributed by atoms with Crippen LogP contribution < -0.4 is 5.32 Å². The third-order valence-electron chi connectivity index (χ3n) is 5.94. The van der Waals surface area contributed by atoms with Crippen LogP contribution in [-0.4, -0.2) is 37.0 Å². The molecule has 0 saturated heterocycles. The zero-order chi connectivity index (χ0) is 22.8. The fraction of sp³-hybridized carbons (Fsp3) is 0.360. The van der Waals surface area contributed by atoms with E-state index in [4.69, 9.17) is 4.74 Å². The summed E-state index contributed by atoms with van der Waals surface area (Å²) in [6.45, 7) is 7.41. The number of methoxy groups -OCH3 is 1. The van der Waals surface area contributed by atoms with E-state index in [0.717, 1.165) is 24.3 Å². The Morgan fingerprint density at radius 2 is 1.94 bits per heavy atom. The van der Waals surface area contributed by atoms with Gasteiger partial charge in [0.05, 0.1) is 25.3 Å². The third kappa shape index (κ3) is 4.37. The minimum absolute atomic E-state index is 0.0554. The number of hydrogen-bond acceptors (Lipinski definition) is 6. The Labute approximate surface area is 197 Å². The molecule has 3 heterocycles. The summed E-state index contributed by atoms with van der Waals surface area (Å²) in [6, 6.07) is 12.2. The molecule has 0 bridgehead atoms. The van der Waals surface area contributed by atoms with Gasteiger partial charge in [0.1, 0.15) is 5.00 Å². The predicted molar refractivity (Wildman–Crippen MR) is 131 cm³/mol. The molecule has 1 unspecified atom stereocenters. The van der Waals surface area contributed by atoms with Crippen LogP contribution in [-0.2, 0) is 22.4 Å². The number of carbonyl (C=O) groups excluding carboxylic acids is 2. The summed E-state index contributed by atoms with van der Waals surface area (Å²) in [5.41, 5.74) is 4.53. The summed E-state index contributed by atoms with van der Waals surface area (Å²) in [5, 5.41) is 3.51. The van der Waals surface area contributed by atoms with E-state index >= 15 is 0 Å². The molecule has 0 saturated carbocycles. The molecule has 2 aromatic heterocycles. The van der Waals surface area contributed by atoms with Gasteiger partial charge in [-0.15, -0.1) is 22.7 Å². The van der Waals surface area contributed by atoms with Crippen molar-refractivity contribution in [3.63, 3.8) is 0 Å². The first-order valence-corrected chi connectivity index (χ1v) is 12.4. The number of esters is 1. The molecule has 1 N–H and O–H groups in total. The lowest BCUT2D eigenvalue weighted by molar-refractivity contribution is -0.117. The van der Waals surface area contributed by atoms with Crippen LogP contribution in [0, 0.1) is 13.8 Å². The van der Waals surface area contributed by atoms with E-state index in [1.54, 1.807) is 6.07 Å². The second kappa shape index (κ2) is 9.57. The lowest BCUT2D eigenvalue weighted by Gasteiger charge is -2.36. The first-order chi connectivity index (χ1) is 15.4. The summed E-state index contributed by atoms with van der Waals surface area (Å²) in [5.74, 6) is -0.555. The van der Waals surface area contributed by atoms with Crippen LogP contribution in [0.25, 0.3) is 0 Å². The average molecular weight is 469 g/mol. The highest BCUT2D eigenvalue weighted by atomic mass is 32.1. The quantitative estimate of drug-likeness (QED) is 0.495. The number of hydrogen-bond donors (Lipinski definition) is 1. The Balaban J connectivity index is 1.61. The molecule has 1 aromatic carbocycles. The second-order valence-corrected chi connectivity index (χ2v) is 10.5. The maximum absolute atomic E-state index is 13.1. The van der Waals surface area contributed by atoms with Crippen molar-refractivity contribution in [2.24, 2.45) is 0 Å². The van der Waals surface area contributed by atoms with Crippen LogP contribution in [0.3, 0.4) is 0 Å². The van der Waals surface area contributed by atoms with Crippen molar-refractivity contribution in [3.8, 4) is 0 Å². The molecule has 168 valence electrons. The maximum atomic E-state index is 13.1. The van der Waals surface area contributed by atoms with Gasteiger partial charge in [0, 0.05) is 21.2 Å². The maximum Gasteiger partial charge on any atom is 0.340 e. The van der Waals surface area contributed by atoms with Gasteiger partial charge in [0.2, 0.25) is 5.91 Å². The number of nitrogens with one attached hydrogen (secondary N) is 1. The summed E-state index contributed by atoms with van der Waals surface area (Å²) < 4.78 is 4.87. The number of nitrogens with zero attached hydrogens (tertiary/aromatic N) is 1. The van der Waals surface area contributed by atoms with Crippen LogP contribution in [0.2, 0.25) is 0 Å². The molecule has 1 amide bonds. The summed E-state index contributed by atoms with van der Waals surface area (Å²) in [6.07, 6.45) is 1.98. The third-order valence-corrected chi connectivity index (χ3v) is 8.15. The SMILES string of the molecule is CCc1c(C)sc2c1CCN(CC(=O)Nc1sc(C)cc1C(=O)OC)C2c1ccccc1. The van der Waals surface area contributed by atoms with Gasteiger partial charge in [-0.25, -0.2) is 4.79 Å². The van der Waals surface area contributed by atoms with Crippen molar-refractivity contribution in [2.75, 3.05) is 25.5 Å². The molecule has 4 rings (SSSR count). The van der Waals surface area contributed by atoms with Gasteiger partial charge in [-0.2, -0.15) is 0 Å². The van der Waals surface area contributed by atoms with Gasteiger partial charge in [0.25, 0.3) is 0 Å². The largest absolute Gasteiger partial charge is 0.465 e. The van der Waals surface area contributed by atoms with Gasteiger partial charge >= 0.3 is 5.97 Å². The number of anilines is 1. The Morgan fingerprint density at radius 3 is 2.62 bits per heavy atom. The topological polar surface area (TPSA) is 58.6 Å². The van der Waals surface area contributed by atoms with Gasteiger partial charge in [-0.3, -0.25) is 9.69 Å².